The highest BCUT2D eigenvalue weighted by Crippen LogP contribution is 2.20. The second-order valence-electron chi connectivity index (χ2n) is 6.48. The first-order chi connectivity index (χ1) is 12.0. The maximum Gasteiger partial charge on any atom is 0.291 e. The van der Waals surface area contributed by atoms with Crippen LogP contribution >= 0.6 is 0 Å². The Morgan fingerprint density at radius 1 is 1.44 bits per heavy atom. The smallest absolute Gasteiger partial charge is 0.291 e. The highest BCUT2D eigenvalue weighted by Gasteiger charge is 2.24. The Balaban J connectivity index is 1.84. The number of hydrogen-bond acceptors (Lipinski definition) is 4. The number of carbonyl (C=O) groups excluding carboxylic acids is 1. The highest BCUT2D eigenvalue weighted by atomic mass is 19.1. The summed E-state index contributed by atoms with van der Waals surface area (Å²) in [7, 11) is 0. The van der Waals surface area contributed by atoms with Crippen LogP contribution in [0.15, 0.2) is 36.4 Å². The number of halogens is 1. The van der Waals surface area contributed by atoms with Crippen molar-refractivity contribution in [1.29, 1.82) is 0 Å². The molecule has 1 aromatic carbocycles. The van der Waals surface area contributed by atoms with Gasteiger partial charge in [0.15, 0.2) is 0 Å². The van der Waals surface area contributed by atoms with Gasteiger partial charge >= 0.3 is 0 Å². The van der Waals surface area contributed by atoms with E-state index in [1.54, 1.807) is 12.1 Å². The van der Waals surface area contributed by atoms with Crippen LogP contribution in [0.2, 0.25) is 0 Å². The minimum Gasteiger partial charge on any atom is -0.396 e. The molecule has 1 amide bonds. The van der Waals surface area contributed by atoms with Gasteiger partial charge in [-0.25, -0.2) is 14.1 Å². The van der Waals surface area contributed by atoms with Crippen molar-refractivity contribution >= 4 is 5.91 Å². The standard InChI is InChI=1S/C18H21FN4O2/c1-11(2)17-21-16(18(25)20-14-7-6-12(8-14)10-24)22-23(17)15-5-3-4-13(19)9-15/h3-7,9,11-12,14,24H,8,10H2,1-2H3,(H,20,25)/t12-,14+/m0/s1. The van der Waals surface area contributed by atoms with E-state index in [2.05, 4.69) is 15.4 Å². The number of benzene rings is 1. The first kappa shape index (κ1) is 17.3. The van der Waals surface area contributed by atoms with E-state index in [4.69, 9.17) is 5.11 Å². The van der Waals surface area contributed by atoms with Crippen LogP contribution in [0.1, 0.15) is 42.6 Å². The van der Waals surface area contributed by atoms with Crippen LogP contribution in [0.4, 0.5) is 4.39 Å². The van der Waals surface area contributed by atoms with Crippen LogP contribution in [0.25, 0.3) is 5.69 Å². The van der Waals surface area contributed by atoms with Crippen molar-refractivity contribution in [3.05, 3.63) is 53.9 Å². The third-order valence-electron chi connectivity index (χ3n) is 4.13. The third-order valence-corrected chi connectivity index (χ3v) is 4.13. The quantitative estimate of drug-likeness (QED) is 0.815. The Bertz CT molecular complexity index is 800. The number of aliphatic hydroxyl groups excluding tert-OH is 1. The lowest BCUT2D eigenvalue weighted by molar-refractivity contribution is 0.0930. The van der Waals surface area contributed by atoms with E-state index in [1.807, 2.05) is 26.0 Å². The summed E-state index contributed by atoms with van der Waals surface area (Å²) in [5.74, 6) is -0.0401. The van der Waals surface area contributed by atoms with E-state index in [9.17, 15) is 9.18 Å². The molecular weight excluding hydrogens is 323 g/mol. The number of aromatic nitrogens is 3. The van der Waals surface area contributed by atoms with Gasteiger partial charge in [-0.05, 0) is 24.6 Å². The molecule has 1 aliphatic rings. The summed E-state index contributed by atoms with van der Waals surface area (Å²) in [5.41, 5.74) is 0.524. The van der Waals surface area contributed by atoms with Crippen LogP contribution in [0.3, 0.4) is 0 Å². The van der Waals surface area contributed by atoms with Gasteiger partial charge < -0.3 is 10.4 Å². The first-order valence-electron chi connectivity index (χ1n) is 8.31. The maximum absolute atomic E-state index is 13.5. The second-order valence-corrected chi connectivity index (χ2v) is 6.48. The Kier molecular flexibility index (Phi) is 4.94. The predicted molar refractivity (Wildman–Crippen MR) is 91.0 cm³/mol. The number of nitrogens with one attached hydrogen (secondary N) is 1. The van der Waals surface area contributed by atoms with Crippen molar-refractivity contribution in [3.63, 3.8) is 0 Å². The number of amides is 1. The molecule has 1 heterocycles. The minimum absolute atomic E-state index is 0.0162. The summed E-state index contributed by atoms with van der Waals surface area (Å²) in [5, 5.41) is 16.3. The normalized spacial score (nSPS) is 19.6. The molecule has 2 N–H and O–H groups in total. The Labute approximate surface area is 145 Å². The molecule has 6 nitrogen and oxygen atoms in total. The van der Waals surface area contributed by atoms with Crippen LogP contribution < -0.4 is 5.32 Å². The fourth-order valence-corrected chi connectivity index (χ4v) is 2.84. The van der Waals surface area contributed by atoms with E-state index < -0.39 is 0 Å². The van der Waals surface area contributed by atoms with E-state index in [-0.39, 0.29) is 42.0 Å². The average Bonchev–Trinajstić information content (AvgIpc) is 3.21. The summed E-state index contributed by atoms with van der Waals surface area (Å²) >= 11 is 0. The van der Waals surface area contributed by atoms with E-state index in [0.717, 1.165) is 0 Å². The lowest BCUT2D eigenvalue weighted by Crippen LogP contribution is -2.33. The van der Waals surface area contributed by atoms with Crippen LogP contribution in [-0.2, 0) is 0 Å². The van der Waals surface area contributed by atoms with Crippen LogP contribution in [0.5, 0.6) is 0 Å². The van der Waals surface area contributed by atoms with Gasteiger partial charge in [-0.15, -0.1) is 5.10 Å². The van der Waals surface area contributed by atoms with Gasteiger partial charge in [0.1, 0.15) is 11.6 Å². The number of carbonyl (C=O) groups is 1. The molecule has 0 saturated heterocycles. The SMILES string of the molecule is CC(C)c1nc(C(=O)N[C@@H]2C=C[C@H](CO)C2)nn1-c1cccc(F)c1. The Morgan fingerprint density at radius 2 is 2.24 bits per heavy atom. The summed E-state index contributed by atoms with van der Waals surface area (Å²) < 4.78 is 15.0. The molecule has 0 fully saturated rings. The Morgan fingerprint density at radius 3 is 2.88 bits per heavy atom. The zero-order valence-electron chi connectivity index (χ0n) is 14.2. The van der Waals surface area contributed by atoms with Gasteiger partial charge in [0.2, 0.25) is 5.82 Å². The fourth-order valence-electron chi connectivity index (χ4n) is 2.84. The molecule has 1 aliphatic carbocycles. The molecule has 0 bridgehead atoms. The van der Waals surface area contributed by atoms with Crippen molar-refractivity contribution in [2.24, 2.45) is 5.92 Å². The first-order valence-corrected chi connectivity index (χ1v) is 8.31. The largest absolute Gasteiger partial charge is 0.396 e. The second kappa shape index (κ2) is 7.14. The molecule has 0 radical (unpaired) electrons. The number of rotatable bonds is 5. The van der Waals surface area contributed by atoms with Crippen molar-refractivity contribution in [3.8, 4) is 5.69 Å². The molecule has 0 spiro atoms. The summed E-state index contributed by atoms with van der Waals surface area (Å²) in [4.78, 5) is 16.8. The van der Waals surface area contributed by atoms with Crippen molar-refractivity contribution in [2.75, 3.05) is 6.61 Å². The molecule has 2 atom stereocenters. The van der Waals surface area contributed by atoms with Crippen LogP contribution in [0, 0.1) is 11.7 Å². The highest BCUT2D eigenvalue weighted by molar-refractivity contribution is 5.90. The van der Waals surface area contributed by atoms with Gasteiger partial charge in [0, 0.05) is 24.5 Å². The molecule has 7 heteroatoms. The number of nitrogens with zero attached hydrogens (tertiary/aromatic N) is 3. The van der Waals surface area contributed by atoms with Crippen LogP contribution in [-0.4, -0.2) is 38.4 Å². The Hall–Kier alpha value is -2.54. The van der Waals surface area contributed by atoms with Gasteiger partial charge in [-0.3, -0.25) is 4.79 Å². The van der Waals surface area contributed by atoms with Crippen molar-refractivity contribution in [2.45, 2.75) is 32.2 Å². The minimum atomic E-state index is -0.384. The molecule has 0 unspecified atom stereocenters. The zero-order chi connectivity index (χ0) is 18.0. The molecule has 0 aliphatic heterocycles. The summed E-state index contributed by atoms with van der Waals surface area (Å²) in [6.45, 7) is 3.94. The summed E-state index contributed by atoms with van der Waals surface area (Å²) in [6.07, 6.45) is 4.42. The van der Waals surface area contributed by atoms with Crippen molar-refractivity contribution < 1.29 is 14.3 Å². The van der Waals surface area contributed by atoms with E-state index in [1.165, 1.54) is 16.8 Å². The predicted octanol–water partition coefficient (Wildman–Crippen LogP) is 2.20. The molecule has 3 rings (SSSR count). The molecular formula is C18H21FN4O2. The summed E-state index contributed by atoms with van der Waals surface area (Å²) in [6, 6.07) is 5.88. The monoisotopic (exact) mass is 344 g/mol. The van der Waals surface area contributed by atoms with E-state index in [0.29, 0.717) is 17.9 Å². The molecule has 1 aromatic heterocycles. The van der Waals surface area contributed by atoms with E-state index >= 15 is 0 Å². The molecule has 0 saturated carbocycles. The fraction of sp³-hybridized carbons (Fsp3) is 0.389. The molecule has 25 heavy (non-hydrogen) atoms. The molecule has 132 valence electrons. The average molecular weight is 344 g/mol. The lowest BCUT2D eigenvalue weighted by Gasteiger charge is -2.10. The topological polar surface area (TPSA) is 80.0 Å². The number of aliphatic hydroxyl groups is 1. The van der Waals surface area contributed by atoms with Gasteiger partial charge in [0.05, 0.1) is 5.69 Å². The lowest BCUT2D eigenvalue weighted by atomic mass is 10.1. The van der Waals surface area contributed by atoms with Crippen molar-refractivity contribution in [1.82, 2.24) is 20.1 Å². The zero-order valence-corrected chi connectivity index (χ0v) is 14.2. The van der Waals surface area contributed by atoms with Gasteiger partial charge in [-0.1, -0.05) is 32.1 Å². The number of hydrogen-bond donors (Lipinski definition) is 2. The van der Waals surface area contributed by atoms with Gasteiger partial charge in [-0.2, -0.15) is 0 Å². The molecule has 2 aromatic rings. The maximum atomic E-state index is 13.5. The van der Waals surface area contributed by atoms with Gasteiger partial charge in [0.25, 0.3) is 5.91 Å². The third kappa shape index (κ3) is 3.76.